The zero-order chi connectivity index (χ0) is 17.2. The highest BCUT2D eigenvalue weighted by Crippen LogP contribution is 2.14. The Kier molecular flexibility index (Phi) is 7.80. The van der Waals surface area contributed by atoms with Crippen LogP contribution in [-0.2, 0) is 9.59 Å². The lowest BCUT2D eigenvalue weighted by Crippen LogP contribution is -2.44. The van der Waals surface area contributed by atoms with Crippen molar-refractivity contribution in [1.29, 1.82) is 0 Å². The highest BCUT2D eigenvalue weighted by molar-refractivity contribution is 5.98. The van der Waals surface area contributed by atoms with Crippen LogP contribution in [0.4, 0.5) is 0 Å². The summed E-state index contributed by atoms with van der Waals surface area (Å²) >= 11 is 0. The lowest BCUT2D eigenvalue weighted by Gasteiger charge is -2.13. The summed E-state index contributed by atoms with van der Waals surface area (Å²) in [5.41, 5.74) is 0.540. The Morgan fingerprint density at radius 2 is 1.74 bits per heavy atom. The molecule has 0 aliphatic carbocycles. The molecule has 0 radical (unpaired) electrons. The summed E-state index contributed by atoms with van der Waals surface area (Å²) in [6.07, 6.45) is 0.151. The third-order valence-electron chi connectivity index (χ3n) is 3.19. The summed E-state index contributed by atoms with van der Waals surface area (Å²) in [5, 5.41) is 5.20. The van der Waals surface area contributed by atoms with E-state index in [9.17, 15) is 14.4 Å². The van der Waals surface area contributed by atoms with Crippen LogP contribution in [0.15, 0.2) is 24.3 Å². The Bertz CT molecular complexity index is 540. The number of amides is 2. The number of nitrogens with one attached hydrogen (secondary N) is 2. The molecule has 0 fully saturated rings. The second kappa shape index (κ2) is 9.61. The van der Waals surface area contributed by atoms with Crippen LogP contribution in [0.3, 0.4) is 0 Å². The SMILES string of the molecule is CCNC(=O)[C@@H](C)NC(=O)CCC(=O)c1ccc(OCC)cc1. The van der Waals surface area contributed by atoms with Crippen molar-refractivity contribution in [3.05, 3.63) is 29.8 Å². The third kappa shape index (κ3) is 6.50. The van der Waals surface area contributed by atoms with Gasteiger partial charge in [-0.3, -0.25) is 14.4 Å². The molecule has 2 N–H and O–H groups in total. The number of hydrogen-bond acceptors (Lipinski definition) is 4. The van der Waals surface area contributed by atoms with Gasteiger partial charge < -0.3 is 15.4 Å². The molecule has 0 saturated heterocycles. The Morgan fingerprint density at radius 3 is 2.30 bits per heavy atom. The number of likely N-dealkylation sites (N-methyl/N-ethyl adjacent to an activating group) is 1. The first kappa shape index (κ1) is 18.7. The highest BCUT2D eigenvalue weighted by Gasteiger charge is 2.15. The molecule has 1 aromatic rings. The van der Waals surface area contributed by atoms with Gasteiger partial charge in [0.05, 0.1) is 6.61 Å². The predicted molar refractivity (Wildman–Crippen MR) is 87.5 cm³/mol. The smallest absolute Gasteiger partial charge is 0.242 e. The van der Waals surface area contributed by atoms with Gasteiger partial charge in [-0.2, -0.15) is 0 Å². The maximum atomic E-state index is 12.0. The molecule has 1 atom stereocenters. The number of ketones is 1. The van der Waals surface area contributed by atoms with Crippen molar-refractivity contribution in [3.63, 3.8) is 0 Å². The van der Waals surface area contributed by atoms with E-state index in [0.717, 1.165) is 0 Å². The third-order valence-corrected chi connectivity index (χ3v) is 3.19. The van der Waals surface area contributed by atoms with E-state index >= 15 is 0 Å². The molecular weight excluding hydrogens is 296 g/mol. The van der Waals surface area contributed by atoms with Gasteiger partial charge in [0.25, 0.3) is 0 Å². The van der Waals surface area contributed by atoms with E-state index in [2.05, 4.69) is 10.6 Å². The van der Waals surface area contributed by atoms with E-state index in [-0.39, 0.29) is 30.4 Å². The first-order chi connectivity index (χ1) is 11.0. The normalized spacial score (nSPS) is 11.4. The van der Waals surface area contributed by atoms with Crippen LogP contribution in [0.25, 0.3) is 0 Å². The standard InChI is InChI=1S/C17H24N2O4/c1-4-18-17(22)12(3)19-16(21)11-10-15(20)13-6-8-14(9-7-13)23-5-2/h6-9,12H,4-5,10-11H2,1-3H3,(H,18,22)(H,19,21)/t12-/m1/s1. The Hall–Kier alpha value is -2.37. The molecule has 126 valence electrons. The van der Waals surface area contributed by atoms with Gasteiger partial charge in [0.2, 0.25) is 11.8 Å². The molecule has 23 heavy (non-hydrogen) atoms. The minimum Gasteiger partial charge on any atom is -0.494 e. The van der Waals surface area contributed by atoms with Crippen LogP contribution < -0.4 is 15.4 Å². The summed E-state index contributed by atoms with van der Waals surface area (Å²) in [4.78, 5) is 35.3. The molecule has 1 rings (SSSR count). The van der Waals surface area contributed by atoms with Crippen LogP contribution in [0.2, 0.25) is 0 Å². The molecule has 6 nitrogen and oxygen atoms in total. The second-order valence-electron chi connectivity index (χ2n) is 5.06. The maximum Gasteiger partial charge on any atom is 0.242 e. The summed E-state index contributed by atoms with van der Waals surface area (Å²) < 4.78 is 5.31. The molecular formula is C17H24N2O4. The van der Waals surface area contributed by atoms with E-state index < -0.39 is 6.04 Å². The fourth-order valence-electron chi connectivity index (χ4n) is 1.98. The number of carbonyl (C=O) groups excluding carboxylic acids is 3. The minimum absolute atomic E-state index is 0.0514. The first-order valence-electron chi connectivity index (χ1n) is 7.81. The molecule has 0 heterocycles. The molecule has 1 aromatic carbocycles. The summed E-state index contributed by atoms with van der Waals surface area (Å²) in [6.45, 7) is 6.38. The van der Waals surface area contributed by atoms with Crippen molar-refractivity contribution in [2.45, 2.75) is 39.7 Å². The van der Waals surface area contributed by atoms with Crippen LogP contribution in [0, 0.1) is 0 Å². The fraction of sp³-hybridized carbons (Fsp3) is 0.471. The van der Waals surface area contributed by atoms with Crippen molar-refractivity contribution in [3.8, 4) is 5.75 Å². The van der Waals surface area contributed by atoms with Gasteiger partial charge >= 0.3 is 0 Å². The van der Waals surface area contributed by atoms with E-state index in [1.54, 1.807) is 31.2 Å². The molecule has 6 heteroatoms. The Labute approximate surface area is 136 Å². The molecule has 0 saturated carbocycles. The lowest BCUT2D eigenvalue weighted by molar-refractivity contribution is -0.128. The van der Waals surface area contributed by atoms with Gasteiger partial charge in [0, 0.05) is 24.9 Å². The Morgan fingerprint density at radius 1 is 1.09 bits per heavy atom. The second-order valence-corrected chi connectivity index (χ2v) is 5.06. The predicted octanol–water partition coefficient (Wildman–Crippen LogP) is 1.69. The Balaban J connectivity index is 2.43. The number of carbonyl (C=O) groups is 3. The van der Waals surface area contributed by atoms with Crippen molar-refractivity contribution in [1.82, 2.24) is 10.6 Å². The number of rotatable bonds is 9. The summed E-state index contributed by atoms with van der Waals surface area (Å²) in [7, 11) is 0. The van der Waals surface area contributed by atoms with E-state index in [0.29, 0.717) is 24.5 Å². The van der Waals surface area contributed by atoms with E-state index in [1.807, 2.05) is 13.8 Å². The lowest BCUT2D eigenvalue weighted by atomic mass is 10.1. The van der Waals surface area contributed by atoms with Gasteiger partial charge in [0.15, 0.2) is 5.78 Å². The zero-order valence-corrected chi connectivity index (χ0v) is 13.8. The van der Waals surface area contributed by atoms with Crippen LogP contribution >= 0.6 is 0 Å². The number of ether oxygens (including phenoxy) is 1. The monoisotopic (exact) mass is 320 g/mol. The molecule has 0 bridgehead atoms. The van der Waals surface area contributed by atoms with Gasteiger partial charge in [0.1, 0.15) is 11.8 Å². The molecule has 0 unspecified atom stereocenters. The minimum atomic E-state index is -0.608. The van der Waals surface area contributed by atoms with Crippen LogP contribution in [-0.4, -0.2) is 36.8 Å². The molecule has 0 aliphatic heterocycles. The van der Waals surface area contributed by atoms with Crippen molar-refractivity contribution in [2.75, 3.05) is 13.2 Å². The average Bonchev–Trinajstić information content (AvgIpc) is 2.53. The topological polar surface area (TPSA) is 84.5 Å². The van der Waals surface area contributed by atoms with Gasteiger partial charge in [-0.05, 0) is 45.0 Å². The number of Topliss-reactive ketones (excluding diaryl/α,β-unsaturated/α-hetero) is 1. The number of hydrogen-bond donors (Lipinski definition) is 2. The molecule has 2 amide bonds. The van der Waals surface area contributed by atoms with Gasteiger partial charge in [-0.25, -0.2) is 0 Å². The summed E-state index contributed by atoms with van der Waals surface area (Å²) in [6, 6.07) is 6.22. The average molecular weight is 320 g/mol. The number of benzene rings is 1. The summed E-state index contributed by atoms with van der Waals surface area (Å²) in [5.74, 6) is 0.0353. The maximum absolute atomic E-state index is 12.0. The molecule has 0 spiro atoms. The quantitative estimate of drug-likeness (QED) is 0.678. The van der Waals surface area contributed by atoms with Crippen LogP contribution in [0.5, 0.6) is 5.75 Å². The fourth-order valence-corrected chi connectivity index (χ4v) is 1.98. The molecule has 0 aliphatic rings. The van der Waals surface area contributed by atoms with Gasteiger partial charge in [-0.1, -0.05) is 0 Å². The van der Waals surface area contributed by atoms with E-state index in [1.165, 1.54) is 0 Å². The van der Waals surface area contributed by atoms with E-state index in [4.69, 9.17) is 4.74 Å². The zero-order valence-electron chi connectivity index (χ0n) is 13.8. The van der Waals surface area contributed by atoms with Crippen molar-refractivity contribution >= 4 is 17.6 Å². The van der Waals surface area contributed by atoms with Crippen LogP contribution in [0.1, 0.15) is 44.0 Å². The van der Waals surface area contributed by atoms with Gasteiger partial charge in [-0.15, -0.1) is 0 Å². The van der Waals surface area contributed by atoms with Crippen molar-refractivity contribution < 1.29 is 19.1 Å². The first-order valence-corrected chi connectivity index (χ1v) is 7.81. The van der Waals surface area contributed by atoms with Crippen molar-refractivity contribution in [2.24, 2.45) is 0 Å². The molecule has 0 aromatic heterocycles. The largest absolute Gasteiger partial charge is 0.494 e. The highest BCUT2D eigenvalue weighted by atomic mass is 16.5.